The minimum atomic E-state index is 0.180. The molecule has 1 N–H and O–H groups in total. The first-order valence-corrected chi connectivity index (χ1v) is 7.73. The minimum absolute atomic E-state index is 0.180. The first kappa shape index (κ1) is 14.6. The lowest BCUT2D eigenvalue weighted by atomic mass is 9.86. The lowest BCUT2D eigenvalue weighted by molar-refractivity contribution is 0.481. The molecule has 3 aromatic carbocycles. The number of aromatic hydroxyl groups is 1. The number of phenolic OH excluding ortho intramolecular Hbond substituents is 1. The van der Waals surface area contributed by atoms with Gasteiger partial charge in [0.05, 0.1) is 0 Å². The molecular weight excluding hydrogens is 268 g/mol. The average molecular weight is 290 g/mol. The zero-order valence-corrected chi connectivity index (χ0v) is 13.4. The van der Waals surface area contributed by atoms with E-state index in [9.17, 15) is 5.11 Å². The highest BCUT2D eigenvalue weighted by Gasteiger charge is 2.13. The molecular formula is C21H22O. The molecule has 0 fully saturated rings. The fourth-order valence-electron chi connectivity index (χ4n) is 2.81. The van der Waals surface area contributed by atoms with Gasteiger partial charge in [-0.3, -0.25) is 0 Å². The molecule has 0 radical (unpaired) electrons. The van der Waals surface area contributed by atoms with Crippen LogP contribution in [0.5, 0.6) is 5.75 Å². The van der Waals surface area contributed by atoms with Gasteiger partial charge >= 0.3 is 0 Å². The number of hydrogen-bond acceptors (Lipinski definition) is 1. The second kappa shape index (κ2) is 5.49. The number of benzene rings is 3. The maximum Gasteiger partial charge on any atom is 0.123 e. The van der Waals surface area contributed by atoms with Crippen LogP contribution in [0, 0.1) is 0 Å². The van der Waals surface area contributed by atoms with Crippen molar-refractivity contribution >= 4 is 10.8 Å². The fraction of sp³-hybridized carbons (Fsp3) is 0.238. The maximum atomic E-state index is 10.2. The van der Waals surface area contributed by atoms with Gasteiger partial charge in [0.1, 0.15) is 5.75 Å². The summed E-state index contributed by atoms with van der Waals surface area (Å²) >= 11 is 0. The van der Waals surface area contributed by atoms with Crippen molar-refractivity contribution in [2.24, 2.45) is 0 Å². The predicted octanol–water partition coefficient (Wildman–Crippen LogP) is 5.43. The van der Waals surface area contributed by atoms with E-state index in [-0.39, 0.29) is 5.41 Å². The second-order valence-corrected chi connectivity index (χ2v) is 6.96. The molecule has 0 atom stereocenters. The van der Waals surface area contributed by atoms with Crippen molar-refractivity contribution in [3.05, 3.63) is 77.4 Å². The molecule has 0 aliphatic carbocycles. The van der Waals surface area contributed by atoms with Crippen LogP contribution >= 0.6 is 0 Å². The van der Waals surface area contributed by atoms with Crippen molar-refractivity contribution in [3.8, 4) is 5.75 Å². The summed E-state index contributed by atoms with van der Waals surface area (Å²) < 4.78 is 0. The molecule has 0 unspecified atom stereocenters. The molecule has 1 nitrogen and oxygen atoms in total. The lowest BCUT2D eigenvalue weighted by Gasteiger charge is -2.19. The van der Waals surface area contributed by atoms with Crippen LogP contribution in [0.1, 0.15) is 37.5 Å². The van der Waals surface area contributed by atoms with Crippen LogP contribution in [-0.4, -0.2) is 5.11 Å². The maximum absolute atomic E-state index is 10.2. The standard InChI is InChI=1S/C21H22O/c1-21(2,3)18-10-8-15(9-11-18)12-16-13-17-6-4-5-7-19(17)20(22)14-16/h4-11,13-14,22H,12H2,1-3H3. The Balaban J connectivity index is 1.90. The summed E-state index contributed by atoms with van der Waals surface area (Å²) in [6.45, 7) is 6.68. The highest BCUT2D eigenvalue weighted by Crippen LogP contribution is 2.28. The molecule has 1 heteroatoms. The van der Waals surface area contributed by atoms with E-state index in [1.807, 2.05) is 30.3 Å². The van der Waals surface area contributed by atoms with Crippen LogP contribution < -0.4 is 0 Å². The van der Waals surface area contributed by atoms with E-state index in [1.165, 1.54) is 11.1 Å². The van der Waals surface area contributed by atoms with E-state index < -0.39 is 0 Å². The highest BCUT2D eigenvalue weighted by atomic mass is 16.3. The Kier molecular flexibility index (Phi) is 3.66. The number of hydrogen-bond donors (Lipinski definition) is 1. The third-order valence-corrected chi connectivity index (χ3v) is 4.13. The fourth-order valence-corrected chi connectivity index (χ4v) is 2.81. The van der Waals surface area contributed by atoms with Crippen molar-refractivity contribution in [3.63, 3.8) is 0 Å². The second-order valence-electron chi connectivity index (χ2n) is 6.96. The van der Waals surface area contributed by atoms with Gasteiger partial charge in [0.25, 0.3) is 0 Å². The number of rotatable bonds is 2. The Labute approximate surface area is 132 Å². The van der Waals surface area contributed by atoms with Crippen LogP contribution in [0.25, 0.3) is 10.8 Å². The minimum Gasteiger partial charge on any atom is -0.507 e. The summed E-state index contributed by atoms with van der Waals surface area (Å²) in [6.07, 6.45) is 0.836. The summed E-state index contributed by atoms with van der Waals surface area (Å²) in [6, 6.07) is 20.8. The summed E-state index contributed by atoms with van der Waals surface area (Å²) in [4.78, 5) is 0. The van der Waals surface area contributed by atoms with Gasteiger partial charge in [-0.2, -0.15) is 0 Å². The molecule has 3 rings (SSSR count). The van der Waals surface area contributed by atoms with Gasteiger partial charge in [-0.05, 0) is 40.0 Å². The summed E-state index contributed by atoms with van der Waals surface area (Å²) in [7, 11) is 0. The van der Waals surface area contributed by atoms with E-state index >= 15 is 0 Å². The van der Waals surface area contributed by atoms with Crippen LogP contribution in [0.2, 0.25) is 0 Å². The highest BCUT2D eigenvalue weighted by molar-refractivity contribution is 5.88. The molecule has 0 spiro atoms. The van der Waals surface area contributed by atoms with Gasteiger partial charge in [-0.1, -0.05) is 75.4 Å². The molecule has 0 saturated carbocycles. The summed E-state index contributed by atoms with van der Waals surface area (Å²) in [5.74, 6) is 0.361. The topological polar surface area (TPSA) is 20.2 Å². The Morgan fingerprint density at radius 3 is 2.18 bits per heavy atom. The molecule has 0 aliphatic rings. The van der Waals surface area contributed by atoms with Crippen LogP contribution in [0.15, 0.2) is 60.7 Å². The largest absolute Gasteiger partial charge is 0.507 e. The average Bonchev–Trinajstić information content (AvgIpc) is 2.47. The van der Waals surface area contributed by atoms with E-state index in [0.29, 0.717) is 5.75 Å². The van der Waals surface area contributed by atoms with Gasteiger partial charge in [0, 0.05) is 5.39 Å². The third-order valence-electron chi connectivity index (χ3n) is 4.13. The first-order chi connectivity index (χ1) is 10.4. The number of phenols is 1. The van der Waals surface area contributed by atoms with E-state index in [4.69, 9.17) is 0 Å². The Bertz CT molecular complexity index is 792. The van der Waals surface area contributed by atoms with Gasteiger partial charge in [-0.15, -0.1) is 0 Å². The van der Waals surface area contributed by atoms with E-state index in [0.717, 1.165) is 22.8 Å². The van der Waals surface area contributed by atoms with E-state index in [1.54, 1.807) is 0 Å². The normalized spacial score (nSPS) is 11.8. The smallest absolute Gasteiger partial charge is 0.123 e. The van der Waals surface area contributed by atoms with Gasteiger partial charge < -0.3 is 5.11 Å². The summed E-state index contributed by atoms with van der Waals surface area (Å²) in [5.41, 5.74) is 3.93. The van der Waals surface area contributed by atoms with Crippen molar-refractivity contribution in [2.75, 3.05) is 0 Å². The van der Waals surface area contributed by atoms with Gasteiger partial charge in [0.15, 0.2) is 0 Å². The number of fused-ring (bicyclic) bond motifs is 1. The molecule has 22 heavy (non-hydrogen) atoms. The Morgan fingerprint density at radius 1 is 0.818 bits per heavy atom. The van der Waals surface area contributed by atoms with Crippen molar-refractivity contribution in [2.45, 2.75) is 32.6 Å². The lowest BCUT2D eigenvalue weighted by Crippen LogP contribution is -2.10. The Hall–Kier alpha value is -2.28. The molecule has 0 amide bonds. The predicted molar refractivity (Wildman–Crippen MR) is 93.6 cm³/mol. The molecule has 3 aromatic rings. The SMILES string of the molecule is CC(C)(C)c1ccc(Cc2cc(O)c3ccccc3c2)cc1. The van der Waals surface area contributed by atoms with Crippen molar-refractivity contribution in [1.29, 1.82) is 0 Å². The monoisotopic (exact) mass is 290 g/mol. The molecule has 0 aromatic heterocycles. The first-order valence-electron chi connectivity index (χ1n) is 7.73. The zero-order valence-electron chi connectivity index (χ0n) is 13.4. The quantitative estimate of drug-likeness (QED) is 0.667. The van der Waals surface area contributed by atoms with Gasteiger partial charge in [0.2, 0.25) is 0 Å². The van der Waals surface area contributed by atoms with Crippen molar-refractivity contribution in [1.82, 2.24) is 0 Å². The van der Waals surface area contributed by atoms with Crippen molar-refractivity contribution < 1.29 is 5.11 Å². The van der Waals surface area contributed by atoms with E-state index in [2.05, 4.69) is 51.1 Å². The Morgan fingerprint density at radius 2 is 1.50 bits per heavy atom. The van der Waals surface area contributed by atoms with Gasteiger partial charge in [-0.25, -0.2) is 0 Å². The zero-order chi connectivity index (χ0) is 15.7. The molecule has 0 heterocycles. The molecule has 0 bridgehead atoms. The van der Waals surface area contributed by atoms with Crippen LogP contribution in [0.3, 0.4) is 0 Å². The third kappa shape index (κ3) is 2.99. The van der Waals surface area contributed by atoms with Crippen LogP contribution in [0.4, 0.5) is 0 Å². The van der Waals surface area contributed by atoms with Crippen LogP contribution in [-0.2, 0) is 11.8 Å². The molecule has 0 saturated heterocycles. The molecule has 0 aliphatic heterocycles. The summed E-state index contributed by atoms with van der Waals surface area (Å²) in [5, 5.41) is 12.2. The molecule has 112 valence electrons.